The monoisotopic (exact) mass is 569 g/mol. The summed E-state index contributed by atoms with van der Waals surface area (Å²) < 4.78 is 6.63. The van der Waals surface area contributed by atoms with Crippen LogP contribution in [-0.4, -0.2) is 6.54 Å². The maximum Gasteiger partial charge on any atom is 0.133 e. The molecule has 3 aromatic carbocycles. The number of anilines is 1. The van der Waals surface area contributed by atoms with E-state index in [-0.39, 0.29) is 10.8 Å². The lowest BCUT2D eigenvalue weighted by Crippen LogP contribution is -2.27. The number of hydrogen-bond donors (Lipinski definition) is 0. The van der Waals surface area contributed by atoms with Gasteiger partial charge in [0, 0.05) is 28.8 Å². The Bertz CT molecular complexity index is 1600. The Labute approximate surface area is 259 Å². The first-order valence-electron chi connectivity index (χ1n) is 15.8. The van der Waals surface area contributed by atoms with Gasteiger partial charge in [-0.2, -0.15) is 0 Å². The molecule has 43 heavy (non-hydrogen) atoms. The molecule has 222 valence electrons. The zero-order valence-corrected chi connectivity index (χ0v) is 26.9. The average molecular weight is 570 g/mol. The fourth-order valence-electron chi connectivity index (χ4n) is 6.49. The smallest absolute Gasteiger partial charge is 0.133 e. The third-order valence-corrected chi connectivity index (χ3v) is 9.29. The Morgan fingerprint density at radius 1 is 0.930 bits per heavy atom. The zero-order valence-electron chi connectivity index (χ0n) is 26.9. The Balaban J connectivity index is 1.51. The van der Waals surface area contributed by atoms with E-state index in [1.54, 1.807) is 0 Å². The molecule has 3 aromatic rings. The summed E-state index contributed by atoms with van der Waals surface area (Å²) in [5.41, 5.74) is 10.00. The number of para-hydroxylation sites is 2. The molecule has 1 aliphatic heterocycles. The average Bonchev–Trinajstić information content (AvgIpc) is 3.48. The van der Waals surface area contributed by atoms with E-state index >= 15 is 0 Å². The van der Waals surface area contributed by atoms with Gasteiger partial charge in [0.25, 0.3) is 0 Å². The van der Waals surface area contributed by atoms with Gasteiger partial charge in [-0.25, -0.2) is 0 Å². The van der Waals surface area contributed by atoms with Crippen LogP contribution in [0.2, 0.25) is 0 Å². The second kappa shape index (κ2) is 12.7. The van der Waals surface area contributed by atoms with Crippen LogP contribution in [0.25, 0.3) is 0 Å². The lowest BCUT2D eigenvalue weighted by Gasteiger charge is -2.28. The van der Waals surface area contributed by atoms with Crippen molar-refractivity contribution in [2.24, 2.45) is 0 Å². The first kappa shape index (κ1) is 30.4. The van der Waals surface area contributed by atoms with Crippen LogP contribution in [0.5, 0.6) is 5.75 Å². The van der Waals surface area contributed by atoms with Crippen LogP contribution in [0.1, 0.15) is 77.0 Å². The first-order valence-corrected chi connectivity index (χ1v) is 15.8. The number of allylic oxidation sites excluding steroid dienone is 8. The van der Waals surface area contributed by atoms with Gasteiger partial charge in [0.05, 0.1) is 0 Å². The highest BCUT2D eigenvalue weighted by molar-refractivity contribution is 5.71. The molecule has 5 rings (SSSR count). The minimum Gasteiger partial charge on any atom is -0.457 e. The minimum absolute atomic E-state index is 0.0637. The van der Waals surface area contributed by atoms with E-state index < -0.39 is 0 Å². The maximum atomic E-state index is 6.63. The predicted molar refractivity (Wildman–Crippen MR) is 184 cm³/mol. The number of hydrogen-bond acceptors (Lipinski definition) is 2. The van der Waals surface area contributed by atoms with Crippen molar-refractivity contribution in [2.75, 3.05) is 11.4 Å². The third-order valence-electron chi connectivity index (χ3n) is 9.29. The summed E-state index contributed by atoms with van der Waals surface area (Å²) in [6, 6.07) is 27.7. The molecule has 1 aliphatic carbocycles. The number of aryl methyl sites for hydroxylation is 1. The predicted octanol–water partition coefficient (Wildman–Crippen LogP) is 10.9. The van der Waals surface area contributed by atoms with Crippen LogP contribution in [0.3, 0.4) is 0 Å². The van der Waals surface area contributed by atoms with E-state index in [9.17, 15) is 0 Å². The van der Waals surface area contributed by atoms with Gasteiger partial charge in [0.15, 0.2) is 0 Å². The summed E-state index contributed by atoms with van der Waals surface area (Å²) >= 11 is 0. The summed E-state index contributed by atoms with van der Waals surface area (Å²) in [6.07, 6.45) is 13.3. The highest BCUT2D eigenvalue weighted by Gasteiger charge is 2.39. The molecule has 2 nitrogen and oxygen atoms in total. The molecule has 0 aromatic heterocycles. The van der Waals surface area contributed by atoms with Gasteiger partial charge in [-0.1, -0.05) is 127 Å². The molecule has 0 saturated heterocycles. The van der Waals surface area contributed by atoms with E-state index in [1.807, 2.05) is 30.3 Å². The Morgan fingerprint density at radius 3 is 2.37 bits per heavy atom. The molecule has 2 heteroatoms. The van der Waals surface area contributed by atoms with Crippen LogP contribution < -0.4 is 9.64 Å². The van der Waals surface area contributed by atoms with Gasteiger partial charge < -0.3 is 9.64 Å². The number of rotatable bonds is 10. The second-order valence-electron chi connectivity index (χ2n) is 13.0. The molecule has 0 bridgehead atoms. The summed E-state index contributed by atoms with van der Waals surface area (Å²) in [4.78, 5) is 2.53. The highest BCUT2D eigenvalue weighted by Crippen LogP contribution is 2.48. The Kier molecular flexibility index (Phi) is 8.97. The van der Waals surface area contributed by atoms with E-state index in [2.05, 4.69) is 126 Å². The summed E-state index contributed by atoms with van der Waals surface area (Å²) in [6.45, 7) is 19.2. The number of fused-ring (bicyclic) bond motifs is 1. The number of benzene rings is 3. The largest absolute Gasteiger partial charge is 0.457 e. The van der Waals surface area contributed by atoms with Crippen molar-refractivity contribution in [1.29, 1.82) is 0 Å². The minimum atomic E-state index is -0.171. The lowest BCUT2D eigenvalue weighted by molar-refractivity contribution is 0.436. The molecular weight excluding hydrogens is 522 g/mol. The Hall–Kier alpha value is -4.04. The number of nitrogens with zero attached hydrogens (tertiary/aromatic N) is 1. The van der Waals surface area contributed by atoms with E-state index in [4.69, 9.17) is 4.74 Å². The summed E-state index contributed by atoms with van der Waals surface area (Å²) in [5.74, 6) is 1.83. The fraction of sp³-hybridized carbons (Fsp3) is 0.317. The quantitative estimate of drug-likeness (QED) is 0.225. The molecule has 0 unspecified atom stereocenters. The fourth-order valence-corrected chi connectivity index (χ4v) is 6.49. The van der Waals surface area contributed by atoms with Crippen molar-refractivity contribution in [3.8, 4) is 5.75 Å². The van der Waals surface area contributed by atoms with Gasteiger partial charge >= 0.3 is 0 Å². The molecule has 0 amide bonds. The Morgan fingerprint density at radius 2 is 1.63 bits per heavy atom. The molecule has 1 heterocycles. The van der Waals surface area contributed by atoms with Crippen LogP contribution >= 0.6 is 0 Å². The zero-order chi connectivity index (χ0) is 30.6. The van der Waals surface area contributed by atoms with E-state index in [0.717, 1.165) is 42.9 Å². The molecule has 0 N–H and O–H groups in total. The normalized spacial score (nSPS) is 18.2. The summed E-state index contributed by atoms with van der Waals surface area (Å²) in [5, 5.41) is 0. The topological polar surface area (TPSA) is 12.5 Å². The molecule has 0 radical (unpaired) electrons. The van der Waals surface area contributed by atoms with E-state index in [0.29, 0.717) is 0 Å². The summed E-state index contributed by atoms with van der Waals surface area (Å²) in [7, 11) is 0. The second-order valence-corrected chi connectivity index (χ2v) is 13.0. The maximum absolute atomic E-state index is 6.63. The van der Waals surface area contributed by atoms with E-state index in [1.165, 1.54) is 45.6 Å². The van der Waals surface area contributed by atoms with Crippen molar-refractivity contribution in [1.82, 2.24) is 0 Å². The van der Waals surface area contributed by atoms with Crippen LogP contribution in [0.15, 0.2) is 138 Å². The molecule has 0 atom stereocenters. The van der Waals surface area contributed by atoms with Crippen molar-refractivity contribution in [2.45, 2.75) is 78.1 Å². The van der Waals surface area contributed by atoms with Crippen molar-refractivity contribution >= 4 is 5.69 Å². The SMILES string of the molecule is C=C(/C=C/C1=C(Oc2ccccc2)C(=C/C=C2/N(CCCC)c3ccccc3C2(C)C)/CC1)C(C)(C)c1ccccc1C. The van der Waals surface area contributed by atoms with Gasteiger partial charge in [-0.15, -0.1) is 0 Å². The molecule has 2 aliphatic rings. The molecule has 0 saturated carbocycles. The number of ether oxygens (including phenoxy) is 1. The van der Waals surface area contributed by atoms with Crippen molar-refractivity contribution in [3.63, 3.8) is 0 Å². The lowest BCUT2D eigenvalue weighted by atomic mass is 9.76. The first-order chi connectivity index (χ1) is 20.6. The molecular formula is C41H47NO. The molecule has 0 spiro atoms. The van der Waals surface area contributed by atoms with Gasteiger partial charge in [0.1, 0.15) is 11.5 Å². The highest BCUT2D eigenvalue weighted by atomic mass is 16.5. The van der Waals surface area contributed by atoms with Gasteiger partial charge in [0.2, 0.25) is 0 Å². The van der Waals surface area contributed by atoms with Crippen LogP contribution in [-0.2, 0) is 10.8 Å². The van der Waals surface area contributed by atoms with Gasteiger partial charge in [-0.3, -0.25) is 0 Å². The van der Waals surface area contributed by atoms with Crippen molar-refractivity contribution in [3.05, 3.63) is 155 Å². The standard InChI is InChI=1S/C41H47NO/c1-8-9-29-42-37-22-16-15-21-36(37)41(6,7)38(42)28-27-33-26-25-32(39(33)43-34-18-11-10-12-19-34)24-23-31(3)40(4,5)35-20-14-13-17-30(35)2/h10-24,27-28H,3,8-9,25-26,29H2,1-2,4-7H3/b24-23+,33-27+,38-28+. The molecule has 0 fully saturated rings. The number of unbranched alkanes of at least 4 members (excludes halogenated alkanes) is 1. The van der Waals surface area contributed by atoms with Crippen LogP contribution in [0.4, 0.5) is 5.69 Å². The van der Waals surface area contributed by atoms with Gasteiger partial charge in [-0.05, 0) is 83.9 Å². The van der Waals surface area contributed by atoms with Crippen LogP contribution in [0, 0.1) is 6.92 Å². The third kappa shape index (κ3) is 6.20. The van der Waals surface area contributed by atoms with Crippen molar-refractivity contribution < 1.29 is 4.74 Å².